The first-order valence-corrected chi connectivity index (χ1v) is 11.2. The number of hydrogen-bond donors (Lipinski definition) is 5. The normalized spacial score (nSPS) is 25.1. The minimum atomic E-state index is -1.33. The zero-order chi connectivity index (χ0) is 24.2. The fourth-order valence-corrected chi connectivity index (χ4v) is 5.88. The van der Waals surface area contributed by atoms with Crippen molar-refractivity contribution in [2.75, 3.05) is 19.3 Å². The molecule has 178 valence electrons. The lowest BCUT2D eigenvalue weighted by atomic mass is 9.52. The number of phenolic OH excluding ortho intramolecular Hbond substituents is 1. The monoisotopic (exact) mass is 455 g/mol. The Morgan fingerprint density at radius 3 is 2.42 bits per heavy atom. The molecule has 8 nitrogen and oxygen atoms in total. The summed E-state index contributed by atoms with van der Waals surface area (Å²) in [4.78, 5) is 21.7. The molecule has 5 rings (SSSR count). The largest absolute Gasteiger partial charge is 0.508 e. The van der Waals surface area contributed by atoms with E-state index in [1.54, 1.807) is 18.2 Å². The van der Waals surface area contributed by atoms with E-state index in [0.717, 1.165) is 12.0 Å². The number of nitrogens with zero attached hydrogens (tertiary/aromatic N) is 1. The van der Waals surface area contributed by atoms with Crippen LogP contribution in [0.3, 0.4) is 0 Å². The maximum atomic E-state index is 10.3. The molecule has 1 aliphatic heterocycles. The second-order valence-electron chi connectivity index (χ2n) is 9.08. The summed E-state index contributed by atoms with van der Waals surface area (Å²) in [5.41, 5.74) is 13.2. The van der Waals surface area contributed by atoms with Crippen LogP contribution < -0.4 is 11.5 Å². The Kier molecular flexibility index (Phi) is 7.48. The van der Waals surface area contributed by atoms with Gasteiger partial charge in [-0.1, -0.05) is 31.0 Å². The van der Waals surface area contributed by atoms with E-state index in [9.17, 15) is 9.90 Å². The van der Waals surface area contributed by atoms with Gasteiger partial charge in [0.1, 0.15) is 5.75 Å². The number of fused-ring (bicyclic) bond motifs is 1. The number of rotatable bonds is 1. The number of phenols is 1. The molecule has 2 aliphatic carbocycles. The van der Waals surface area contributed by atoms with Crippen LogP contribution in [0.1, 0.15) is 53.6 Å². The van der Waals surface area contributed by atoms with E-state index in [-0.39, 0.29) is 5.56 Å². The lowest BCUT2D eigenvalue weighted by molar-refractivity contribution is 0.00274. The number of nitrogen functional groups attached to an aromatic ring is 1. The maximum Gasteiger partial charge on any atom is 0.402 e. The molecule has 0 spiro atoms. The average Bonchev–Trinajstić information content (AvgIpc) is 2.77. The Labute approximate surface area is 193 Å². The third-order valence-corrected chi connectivity index (χ3v) is 7.29. The Hall–Kier alpha value is -3.26. The summed E-state index contributed by atoms with van der Waals surface area (Å²) in [7, 11) is 2.30. The molecule has 2 bridgehead atoms. The van der Waals surface area contributed by atoms with Gasteiger partial charge >= 0.3 is 12.1 Å². The van der Waals surface area contributed by atoms with Crippen LogP contribution >= 0.6 is 0 Å². The van der Waals surface area contributed by atoms with Gasteiger partial charge in [0.15, 0.2) is 0 Å². The summed E-state index contributed by atoms with van der Waals surface area (Å²) < 4.78 is 0. The molecule has 0 radical (unpaired) electrons. The molecular formula is C25H33N3O5. The topological polar surface area (TPSA) is 150 Å². The lowest BCUT2D eigenvalue weighted by Crippen LogP contribution is -2.59. The summed E-state index contributed by atoms with van der Waals surface area (Å²) in [6.07, 6.45) is 6.59. The van der Waals surface area contributed by atoms with Crippen molar-refractivity contribution < 1.29 is 24.9 Å². The van der Waals surface area contributed by atoms with E-state index in [0.29, 0.717) is 16.9 Å². The lowest BCUT2D eigenvalue weighted by Gasteiger charge is -2.58. The Morgan fingerprint density at radius 2 is 1.79 bits per heavy atom. The summed E-state index contributed by atoms with van der Waals surface area (Å²) in [6, 6.07) is 13.2. The third-order valence-electron chi connectivity index (χ3n) is 7.29. The van der Waals surface area contributed by atoms with Gasteiger partial charge in [-0.05, 0) is 80.6 Å². The van der Waals surface area contributed by atoms with Crippen LogP contribution in [0.5, 0.6) is 5.75 Å². The number of hydrogen-bond acceptors (Lipinski definition) is 5. The smallest absolute Gasteiger partial charge is 0.402 e. The van der Waals surface area contributed by atoms with Crippen LogP contribution in [0, 0.1) is 5.92 Å². The Bertz CT molecular complexity index is 1010. The van der Waals surface area contributed by atoms with Crippen LogP contribution in [-0.4, -0.2) is 51.9 Å². The molecule has 1 heterocycles. The molecule has 7 N–H and O–H groups in total. The molecule has 8 heteroatoms. The average molecular weight is 456 g/mol. The number of piperidine rings is 1. The number of amides is 1. The first-order valence-electron chi connectivity index (χ1n) is 11.2. The minimum absolute atomic E-state index is 0.155. The molecular weight excluding hydrogens is 422 g/mol. The number of carboxylic acids is 1. The first-order chi connectivity index (χ1) is 15.7. The van der Waals surface area contributed by atoms with Gasteiger partial charge in [0, 0.05) is 17.1 Å². The van der Waals surface area contributed by atoms with E-state index in [4.69, 9.17) is 20.7 Å². The number of anilines is 1. The minimum Gasteiger partial charge on any atom is -0.508 e. The number of primary amides is 1. The van der Waals surface area contributed by atoms with Gasteiger partial charge in [-0.3, -0.25) is 0 Å². The van der Waals surface area contributed by atoms with Gasteiger partial charge in [0.25, 0.3) is 0 Å². The van der Waals surface area contributed by atoms with Gasteiger partial charge in [0.05, 0.1) is 5.56 Å². The molecule has 33 heavy (non-hydrogen) atoms. The fourth-order valence-electron chi connectivity index (χ4n) is 5.88. The van der Waals surface area contributed by atoms with Gasteiger partial charge < -0.3 is 31.7 Å². The van der Waals surface area contributed by atoms with Crippen LogP contribution in [-0.2, 0) is 11.8 Å². The number of aromatic carboxylic acids is 1. The van der Waals surface area contributed by atoms with Gasteiger partial charge in [-0.2, -0.15) is 0 Å². The molecule has 1 amide bonds. The number of benzene rings is 2. The molecule has 3 aliphatic rings. The molecule has 0 unspecified atom stereocenters. The van der Waals surface area contributed by atoms with Crippen molar-refractivity contribution in [2.24, 2.45) is 11.7 Å². The van der Waals surface area contributed by atoms with Crippen molar-refractivity contribution in [1.29, 1.82) is 0 Å². The zero-order valence-corrected chi connectivity index (χ0v) is 18.9. The van der Waals surface area contributed by atoms with E-state index < -0.39 is 12.1 Å². The molecule has 1 saturated heterocycles. The predicted molar refractivity (Wildman–Crippen MR) is 127 cm³/mol. The number of para-hydroxylation sites is 1. The second-order valence-corrected chi connectivity index (χ2v) is 9.08. The van der Waals surface area contributed by atoms with Crippen molar-refractivity contribution in [3.05, 3.63) is 59.2 Å². The molecule has 2 fully saturated rings. The molecule has 1 saturated carbocycles. The van der Waals surface area contributed by atoms with Gasteiger partial charge in [-0.25, -0.2) is 9.59 Å². The SMILES string of the molecule is CN1CC[C@]23CCCC[C@H]2[C@H]1Cc1ccc(O)cc13.NC(=O)O.Nc1ccccc1C(=O)O. The molecule has 2 aromatic rings. The number of carboxylic acid groups (broad SMARTS) is 2. The number of aromatic hydroxyl groups is 1. The number of likely N-dealkylation sites (N-methyl/N-ethyl adjacent to an activating group) is 1. The third kappa shape index (κ3) is 5.22. The van der Waals surface area contributed by atoms with E-state index in [2.05, 4.69) is 29.8 Å². The highest BCUT2D eigenvalue weighted by molar-refractivity contribution is 5.93. The van der Waals surface area contributed by atoms with Crippen molar-refractivity contribution in [1.82, 2.24) is 4.90 Å². The second kappa shape index (κ2) is 10.1. The van der Waals surface area contributed by atoms with E-state index in [1.807, 2.05) is 6.07 Å². The summed E-state index contributed by atoms with van der Waals surface area (Å²) in [5, 5.41) is 25.6. The Balaban J connectivity index is 0.000000185. The predicted octanol–water partition coefficient (Wildman–Crippen LogP) is 3.67. The summed E-state index contributed by atoms with van der Waals surface area (Å²) >= 11 is 0. The molecule has 3 atom stereocenters. The van der Waals surface area contributed by atoms with Crippen molar-refractivity contribution >= 4 is 17.7 Å². The highest BCUT2D eigenvalue weighted by Gasteiger charge is 2.52. The van der Waals surface area contributed by atoms with Crippen LogP contribution in [0.4, 0.5) is 10.5 Å². The van der Waals surface area contributed by atoms with Crippen molar-refractivity contribution in [3.8, 4) is 5.75 Å². The Morgan fingerprint density at radius 1 is 1.09 bits per heavy atom. The highest BCUT2D eigenvalue weighted by Crippen LogP contribution is 2.55. The van der Waals surface area contributed by atoms with Crippen LogP contribution in [0.15, 0.2) is 42.5 Å². The van der Waals surface area contributed by atoms with E-state index >= 15 is 0 Å². The molecule has 2 aromatic carbocycles. The van der Waals surface area contributed by atoms with Gasteiger partial charge in [0.2, 0.25) is 0 Å². The standard InChI is InChI=1S/C17H23NO.C7H7NO2.CH3NO2/c1-18-9-8-17-7-3-2-4-14(17)16(18)10-12-5-6-13(19)11-15(12)17;8-6-4-2-1-3-5(6)7(9)10;2-1(3)4/h5-6,11,14,16,19H,2-4,7-10H2,1H3;1-4H,8H2,(H,9,10);2H2,(H,3,4)/t14-,16+,17+;;/m0../s1. The van der Waals surface area contributed by atoms with Crippen molar-refractivity contribution in [3.63, 3.8) is 0 Å². The van der Waals surface area contributed by atoms with Gasteiger partial charge in [-0.15, -0.1) is 0 Å². The summed E-state index contributed by atoms with van der Waals surface area (Å²) in [6.45, 7) is 1.22. The summed E-state index contributed by atoms with van der Waals surface area (Å²) in [5.74, 6) is 0.280. The first kappa shape index (κ1) is 24.4. The number of nitrogens with two attached hydrogens (primary N) is 2. The van der Waals surface area contributed by atoms with Crippen LogP contribution in [0.25, 0.3) is 0 Å². The molecule has 0 aromatic heterocycles. The van der Waals surface area contributed by atoms with Crippen LogP contribution in [0.2, 0.25) is 0 Å². The van der Waals surface area contributed by atoms with Crippen molar-refractivity contribution in [2.45, 2.75) is 50.0 Å². The fraction of sp³-hybridized carbons (Fsp3) is 0.440. The number of carbonyl (C=O) groups is 2. The van der Waals surface area contributed by atoms with E-state index in [1.165, 1.54) is 62.3 Å². The highest BCUT2D eigenvalue weighted by atomic mass is 16.4. The quantitative estimate of drug-likeness (QED) is 0.412. The number of likely N-dealkylation sites (tertiary alicyclic amines) is 1. The maximum absolute atomic E-state index is 10.3. The zero-order valence-electron chi connectivity index (χ0n) is 18.9.